The van der Waals surface area contributed by atoms with Crippen molar-refractivity contribution in [2.45, 2.75) is 45.2 Å². The lowest BCUT2D eigenvalue weighted by Gasteiger charge is -2.41. The molecule has 0 aliphatic heterocycles. The topological polar surface area (TPSA) is 38.5 Å². The fourth-order valence-electron chi connectivity index (χ4n) is 3.62. The van der Waals surface area contributed by atoms with Crippen LogP contribution in [-0.2, 0) is 6.54 Å². The molecule has 1 aliphatic rings. The van der Waals surface area contributed by atoms with Gasteiger partial charge in [0.25, 0.3) is 0 Å². The summed E-state index contributed by atoms with van der Waals surface area (Å²) in [7, 11) is 3.95. The Morgan fingerprint density at radius 2 is 1.95 bits per heavy atom. The van der Waals surface area contributed by atoms with Gasteiger partial charge in [0.1, 0.15) is 5.75 Å². The van der Waals surface area contributed by atoms with Gasteiger partial charge in [0.15, 0.2) is 0 Å². The number of methoxy groups -OCH3 is 1. The smallest absolute Gasteiger partial charge is 0.118 e. The van der Waals surface area contributed by atoms with Crippen LogP contribution in [-0.4, -0.2) is 31.6 Å². The van der Waals surface area contributed by atoms with Crippen molar-refractivity contribution in [3.63, 3.8) is 0 Å². The van der Waals surface area contributed by atoms with Gasteiger partial charge in [0.2, 0.25) is 0 Å². The molecule has 1 aliphatic carbocycles. The molecule has 2 rings (SSSR count). The first-order chi connectivity index (χ1) is 10.2. The zero-order valence-corrected chi connectivity index (χ0v) is 13.7. The van der Waals surface area contributed by atoms with E-state index >= 15 is 0 Å². The monoisotopic (exact) mass is 290 g/mol. The van der Waals surface area contributed by atoms with Crippen molar-refractivity contribution in [2.24, 2.45) is 17.6 Å². The Bertz CT molecular complexity index is 418. The molecule has 1 aromatic carbocycles. The van der Waals surface area contributed by atoms with Crippen LogP contribution in [0.15, 0.2) is 24.3 Å². The van der Waals surface area contributed by atoms with Crippen LogP contribution in [0.5, 0.6) is 5.75 Å². The van der Waals surface area contributed by atoms with Crippen molar-refractivity contribution in [3.8, 4) is 5.75 Å². The third kappa shape index (κ3) is 4.21. The molecule has 3 atom stereocenters. The van der Waals surface area contributed by atoms with Crippen LogP contribution in [0.2, 0.25) is 0 Å². The SMILES string of the molecule is CCC1CCC(CN)C(N(C)Cc2ccc(OC)cc2)C1. The van der Waals surface area contributed by atoms with Gasteiger partial charge in [-0.1, -0.05) is 31.9 Å². The average molecular weight is 290 g/mol. The van der Waals surface area contributed by atoms with E-state index in [4.69, 9.17) is 10.5 Å². The molecular weight excluding hydrogens is 260 g/mol. The minimum atomic E-state index is 0.621. The number of hydrogen-bond donors (Lipinski definition) is 1. The van der Waals surface area contributed by atoms with Gasteiger partial charge in [-0.25, -0.2) is 0 Å². The van der Waals surface area contributed by atoms with E-state index in [-0.39, 0.29) is 0 Å². The number of rotatable bonds is 6. The van der Waals surface area contributed by atoms with Crippen LogP contribution in [0.3, 0.4) is 0 Å². The fourth-order valence-corrected chi connectivity index (χ4v) is 3.62. The van der Waals surface area contributed by atoms with Gasteiger partial charge in [-0.3, -0.25) is 4.90 Å². The van der Waals surface area contributed by atoms with Crippen LogP contribution in [0, 0.1) is 11.8 Å². The maximum absolute atomic E-state index is 6.01. The van der Waals surface area contributed by atoms with E-state index in [2.05, 4.69) is 31.0 Å². The van der Waals surface area contributed by atoms with E-state index < -0.39 is 0 Å². The van der Waals surface area contributed by atoms with Crippen LogP contribution in [0.25, 0.3) is 0 Å². The number of hydrogen-bond acceptors (Lipinski definition) is 3. The van der Waals surface area contributed by atoms with Crippen molar-refractivity contribution in [3.05, 3.63) is 29.8 Å². The summed E-state index contributed by atoms with van der Waals surface area (Å²) in [5.41, 5.74) is 7.35. The summed E-state index contributed by atoms with van der Waals surface area (Å²) in [5, 5.41) is 0. The molecular formula is C18H30N2O. The molecule has 1 aromatic rings. The molecule has 0 bridgehead atoms. The number of nitrogens with zero attached hydrogens (tertiary/aromatic N) is 1. The highest BCUT2D eigenvalue weighted by molar-refractivity contribution is 5.27. The van der Waals surface area contributed by atoms with E-state index in [0.717, 1.165) is 24.8 Å². The molecule has 0 spiro atoms. The van der Waals surface area contributed by atoms with Gasteiger partial charge in [-0.15, -0.1) is 0 Å². The summed E-state index contributed by atoms with van der Waals surface area (Å²) in [5.74, 6) is 2.44. The average Bonchev–Trinajstić information content (AvgIpc) is 2.54. The summed E-state index contributed by atoms with van der Waals surface area (Å²) in [4.78, 5) is 2.50. The van der Waals surface area contributed by atoms with E-state index in [1.807, 2.05) is 12.1 Å². The molecule has 0 aromatic heterocycles. The van der Waals surface area contributed by atoms with Crippen LogP contribution in [0.1, 0.15) is 38.2 Å². The van der Waals surface area contributed by atoms with Crippen LogP contribution in [0.4, 0.5) is 0 Å². The summed E-state index contributed by atoms with van der Waals surface area (Å²) in [6.45, 7) is 4.11. The number of ether oxygens (including phenoxy) is 1. The second kappa shape index (κ2) is 7.81. The van der Waals surface area contributed by atoms with Crippen LogP contribution >= 0.6 is 0 Å². The first kappa shape index (κ1) is 16.3. The zero-order valence-electron chi connectivity index (χ0n) is 13.7. The van der Waals surface area contributed by atoms with Crippen LogP contribution < -0.4 is 10.5 Å². The standard InChI is InChI=1S/C18H30N2O/c1-4-14-5-8-16(12-19)18(11-14)20(2)13-15-6-9-17(21-3)10-7-15/h6-7,9-10,14,16,18H,4-5,8,11-13,19H2,1-3H3. The van der Waals surface area contributed by atoms with E-state index in [9.17, 15) is 0 Å². The zero-order chi connectivity index (χ0) is 15.2. The molecule has 3 unspecified atom stereocenters. The molecule has 0 amide bonds. The van der Waals surface area contributed by atoms with Gasteiger partial charge in [-0.2, -0.15) is 0 Å². The molecule has 118 valence electrons. The van der Waals surface area contributed by atoms with Crippen molar-refractivity contribution >= 4 is 0 Å². The molecule has 1 saturated carbocycles. The van der Waals surface area contributed by atoms with Gasteiger partial charge in [-0.05, 0) is 56.0 Å². The van der Waals surface area contributed by atoms with Crippen molar-refractivity contribution in [1.82, 2.24) is 4.90 Å². The predicted molar refractivity (Wildman–Crippen MR) is 88.4 cm³/mol. The first-order valence-corrected chi connectivity index (χ1v) is 8.21. The third-order valence-electron chi connectivity index (χ3n) is 5.10. The van der Waals surface area contributed by atoms with Gasteiger partial charge in [0, 0.05) is 12.6 Å². The van der Waals surface area contributed by atoms with Gasteiger partial charge < -0.3 is 10.5 Å². The second-order valence-electron chi connectivity index (χ2n) is 6.41. The highest BCUT2D eigenvalue weighted by Crippen LogP contribution is 2.33. The lowest BCUT2D eigenvalue weighted by Crippen LogP contribution is -2.44. The largest absolute Gasteiger partial charge is 0.497 e. The molecule has 2 N–H and O–H groups in total. The summed E-state index contributed by atoms with van der Waals surface area (Å²) in [6, 6.07) is 9.02. The highest BCUT2D eigenvalue weighted by Gasteiger charge is 2.31. The number of nitrogens with two attached hydrogens (primary N) is 1. The molecule has 3 heteroatoms. The van der Waals surface area contributed by atoms with E-state index in [0.29, 0.717) is 12.0 Å². The van der Waals surface area contributed by atoms with Crippen molar-refractivity contribution < 1.29 is 4.74 Å². The van der Waals surface area contributed by atoms with E-state index in [1.54, 1.807) is 7.11 Å². The normalized spacial score (nSPS) is 26.0. The molecule has 0 saturated heterocycles. The lowest BCUT2D eigenvalue weighted by atomic mass is 9.76. The van der Waals surface area contributed by atoms with Crippen molar-refractivity contribution in [2.75, 3.05) is 20.7 Å². The summed E-state index contributed by atoms with van der Waals surface area (Å²) < 4.78 is 5.22. The lowest BCUT2D eigenvalue weighted by molar-refractivity contribution is 0.0965. The first-order valence-electron chi connectivity index (χ1n) is 8.21. The second-order valence-corrected chi connectivity index (χ2v) is 6.41. The minimum Gasteiger partial charge on any atom is -0.497 e. The molecule has 3 nitrogen and oxygen atoms in total. The molecule has 1 fully saturated rings. The molecule has 0 heterocycles. The predicted octanol–water partition coefficient (Wildman–Crippen LogP) is 3.28. The fraction of sp³-hybridized carbons (Fsp3) is 0.667. The van der Waals surface area contributed by atoms with Gasteiger partial charge >= 0.3 is 0 Å². The Kier molecular flexibility index (Phi) is 6.07. The summed E-state index contributed by atoms with van der Waals surface area (Å²) in [6.07, 6.45) is 5.23. The van der Waals surface area contributed by atoms with Crippen molar-refractivity contribution in [1.29, 1.82) is 0 Å². The van der Waals surface area contributed by atoms with E-state index in [1.165, 1.54) is 31.2 Å². The Morgan fingerprint density at radius 1 is 1.24 bits per heavy atom. The summed E-state index contributed by atoms with van der Waals surface area (Å²) >= 11 is 0. The Balaban J connectivity index is 2.00. The molecule has 0 radical (unpaired) electrons. The maximum atomic E-state index is 6.01. The third-order valence-corrected chi connectivity index (χ3v) is 5.10. The Hall–Kier alpha value is -1.06. The quantitative estimate of drug-likeness (QED) is 0.874. The number of benzene rings is 1. The maximum Gasteiger partial charge on any atom is 0.118 e. The minimum absolute atomic E-state index is 0.621. The highest BCUT2D eigenvalue weighted by atomic mass is 16.5. The Labute approximate surface area is 129 Å². The van der Waals surface area contributed by atoms with Gasteiger partial charge in [0.05, 0.1) is 7.11 Å². The Morgan fingerprint density at radius 3 is 2.52 bits per heavy atom. The molecule has 21 heavy (non-hydrogen) atoms.